The van der Waals surface area contributed by atoms with Crippen LogP contribution in [0.25, 0.3) is 0 Å². The number of hydrogen-bond acceptors (Lipinski definition) is 5. The van der Waals surface area contributed by atoms with Gasteiger partial charge in [0.1, 0.15) is 5.82 Å². The second-order valence-corrected chi connectivity index (χ2v) is 4.97. The quantitative estimate of drug-likeness (QED) is 0.539. The lowest BCUT2D eigenvalue weighted by molar-refractivity contribution is 0.0940. The normalized spacial score (nSPS) is 12.0. The highest BCUT2D eigenvalue weighted by atomic mass is 32.2. The van der Waals surface area contributed by atoms with E-state index >= 15 is 0 Å². The summed E-state index contributed by atoms with van der Waals surface area (Å²) in [5.74, 6) is 6.64. The van der Waals surface area contributed by atoms with Crippen molar-refractivity contribution in [3.05, 3.63) is 23.4 Å². The first-order chi connectivity index (χ1) is 8.60. The molecular formula is C12H20N4OS. The highest BCUT2D eigenvalue weighted by molar-refractivity contribution is 7.98. The maximum absolute atomic E-state index is 12.1. The minimum Gasteiger partial charge on any atom is -0.348 e. The van der Waals surface area contributed by atoms with Crippen molar-refractivity contribution in [2.45, 2.75) is 26.3 Å². The van der Waals surface area contributed by atoms with Crippen LogP contribution in [0.4, 0.5) is 5.82 Å². The number of aromatic nitrogens is 1. The lowest BCUT2D eigenvalue weighted by Gasteiger charge is -2.16. The van der Waals surface area contributed by atoms with Gasteiger partial charge in [0.15, 0.2) is 0 Å². The van der Waals surface area contributed by atoms with Crippen molar-refractivity contribution in [2.24, 2.45) is 5.84 Å². The van der Waals surface area contributed by atoms with Crippen LogP contribution in [0.3, 0.4) is 0 Å². The molecule has 18 heavy (non-hydrogen) atoms. The van der Waals surface area contributed by atoms with Gasteiger partial charge < -0.3 is 10.7 Å². The number of hydrazine groups is 1. The SMILES string of the molecule is CCC(CSC)NC(=O)c1cc(C)nc(NN)c1. The average molecular weight is 268 g/mol. The number of hydrogen-bond donors (Lipinski definition) is 3. The molecule has 0 aromatic carbocycles. The number of aryl methyl sites for hydroxylation is 1. The molecule has 1 rings (SSSR count). The molecule has 0 bridgehead atoms. The molecule has 1 amide bonds. The molecule has 4 N–H and O–H groups in total. The molecular weight excluding hydrogens is 248 g/mol. The van der Waals surface area contributed by atoms with Crippen LogP contribution in [-0.2, 0) is 0 Å². The molecule has 100 valence electrons. The zero-order valence-electron chi connectivity index (χ0n) is 11.0. The lowest BCUT2D eigenvalue weighted by Crippen LogP contribution is -2.36. The molecule has 1 aromatic heterocycles. The zero-order valence-corrected chi connectivity index (χ0v) is 11.8. The molecule has 0 aliphatic rings. The lowest BCUT2D eigenvalue weighted by atomic mass is 10.2. The standard InChI is InChI=1S/C12H20N4OS/c1-4-10(7-18-3)15-12(17)9-5-8(2)14-11(6-9)16-13/h5-6,10H,4,7,13H2,1-3H3,(H,14,16)(H,15,17). The van der Waals surface area contributed by atoms with Gasteiger partial charge in [-0.2, -0.15) is 11.8 Å². The van der Waals surface area contributed by atoms with E-state index in [2.05, 4.69) is 22.7 Å². The summed E-state index contributed by atoms with van der Waals surface area (Å²) in [7, 11) is 0. The van der Waals surface area contributed by atoms with Crippen molar-refractivity contribution in [1.82, 2.24) is 10.3 Å². The van der Waals surface area contributed by atoms with Crippen LogP contribution in [0.1, 0.15) is 29.4 Å². The van der Waals surface area contributed by atoms with E-state index in [1.807, 2.05) is 13.2 Å². The van der Waals surface area contributed by atoms with Crippen molar-refractivity contribution in [3.63, 3.8) is 0 Å². The first-order valence-corrected chi connectivity index (χ1v) is 7.25. The van der Waals surface area contributed by atoms with E-state index in [1.54, 1.807) is 23.9 Å². The van der Waals surface area contributed by atoms with E-state index < -0.39 is 0 Å². The summed E-state index contributed by atoms with van der Waals surface area (Å²) < 4.78 is 0. The van der Waals surface area contributed by atoms with Crippen LogP contribution in [0.15, 0.2) is 12.1 Å². The Bertz CT molecular complexity index is 411. The molecule has 1 unspecified atom stereocenters. The largest absolute Gasteiger partial charge is 0.348 e. The predicted octanol–water partition coefficient (Wildman–Crippen LogP) is 1.55. The Kier molecular flexibility index (Phi) is 5.94. The van der Waals surface area contributed by atoms with Gasteiger partial charge in [-0.1, -0.05) is 6.92 Å². The molecule has 0 aliphatic heterocycles. The van der Waals surface area contributed by atoms with E-state index in [-0.39, 0.29) is 11.9 Å². The van der Waals surface area contributed by atoms with E-state index in [1.165, 1.54) is 0 Å². The highest BCUT2D eigenvalue weighted by Gasteiger charge is 2.13. The maximum Gasteiger partial charge on any atom is 0.251 e. The molecule has 0 spiro atoms. The number of carbonyl (C=O) groups is 1. The first-order valence-electron chi connectivity index (χ1n) is 5.85. The molecule has 0 aliphatic carbocycles. The number of nitrogen functional groups attached to an aromatic ring is 1. The number of anilines is 1. The second-order valence-electron chi connectivity index (χ2n) is 4.06. The van der Waals surface area contributed by atoms with Gasteiger partial charge in [0, 0.05) is 23.1 Å². The third-order valence-electron chi connectivity index (χ3n) is 2.56. The van der Waals surface area contributed by atoms with Crippen molar-refractivity contribution < 1.29 is 4.79 Å². The number of nitrogens with one attached hydrogen (secondary N) is 2. The van der Waals surface area contributed by atoms with Crippen LogP contribution < -0.4 is 16.6 Å². The van der Waals surface area contributed by atoms with E-state index in [0.717, 1.165) is 17.9 Å². The smallest absolute Gasteiger partial charge is 0.251 e. The minimum atomic E-state index is -0.0853. The molecule has 0 saturated heterocycles. The van der Waals surface area contributed by atoms with Gasteiger partial charge in [0.25, 0.3) is 5.91 Å². The fourth-order valence-electron chi connectivity index (χ4n) is 1.61. The number of carbonyl (C=O) groups excluding carboxylic acids is 1. The van der Waals surface area contributed by atoms with Crippen LogP contribution in [-0.4, -0.2) is 28.9 Å². The Labute approximate surface area is 112 Å². The van der Waals surface area contributed by atoms with Gasteiger partial charge in [-0.15, -0.1) is 0 Å². The molecule has 5 nitrogen and oxygen atoms in total. The topological polar surface area (TPSA) is 80.0 Å². The summed E-state index contributed by atoms with van der Waals surface area (Å²) in [5, 5.41) is 3.01. The number of nitrogens with zero attached hydrogens (tertiary/aromatic N) is 1. The van der Waals surface area contributed by atoms with Crippen molar-refractivity contribution in [2.75, 3.05) is 17.4 Å². The van der Waals surface area contributed by atoms with Crippen LogP contribution >= 0.6 is 11.8 Å². The molecule has 1 heterocycles. The number of rotatable bonds is 6. The van der Waals surface area contributed by atoms with Gasteiger partial charge >= 0.3 is 0 Å². The van der Waals surface area contributed by atoms with E-state index in [9.17, 15) is 4.79 Å². The Balaban J connectivity index is 2.79. The zero-order chi connectivity index (χ0) is 13.5. The average Bonchev–Trinajstić information content (AvgIpc) is 2.37. The predicted molar refractivity (Wildman–Crippen MR) is 76.7 cm³/mol. The summed E-state index contributed by atoms with van der Waals surface area (Å²) in [6.07, 6.45) is 2.94. The van der Waals surface area contributed by atoms with Gasteiger partial charge in [-0.3, -0.25) is 4.79 Å². The summed E-state index contributed by atoms with van der Waals surface area (Å²) in [6, 6.07) is 3.59. The second kappa shape index (κ2) is 7.23. The molecule has 1 atom stereocenters. The monoisotopic (exact) mass is 268 g/mol. The van der Waals surface area contributed by atoms with Crippen molar-refractivity contribution in [3.8, 4) is 0 Å². The summed E-state index contributed by atoms with van der Waals surface area (Å²) >= 11 is 1.72. The van der Waals surface area contributed by atoms with Crippen LogP contribution in [0.5, 0.6) is 0 Å². The highest BCUT2D eigenvalue weighted by Crippen LogP contribution is 2.10. The number of thioether (sulfide) groups is 1. The third kappa shape index (κ3) is 4.19. The first kappa shape index (κ1) is 14.8. The molecule has 0 radical (unpaired) electrons. The summed E-state index contributed by atoms with van der Waals surface area (Å²) in [4.78, 5) is 16.2. The van der Waals surface area contributed by atoms with E-state index in [0.29, 0.717) is 11.4 Å². The maximum atomic E-state index is 12.1. The van der Waals surface area contributed by atoms with Gasteiger partial charge in [-0.25, -0.2) is 10.8 Å². The fourth-order valence-corrected chi connectivity index (χ4v) is 2.33. The fraction of sp³-hybridized carbons (Fsp3) is 0.500. The Morgan fingerprint density at radius 3 is 2.83 bits per heavy atom. The molecule has 6 heteroatoms. The van der Waals surface area contributed by atoms with Crippen LogP contribution in [0, 0.1) is 6.92 Å². The third-order valence-corrected chi connectivity index (χ3v) is 3.30. The Morgan fingerprint density at radius 2 is 2.28 bits per heavy atom. The Hall–Kier alpha value is -1.27. The Morgan fingerprint density at radius 1 is 1.56 bits per heavy atom. The van der Waals surface area contributed by atoms with Gasteiger partial charge in [0.2, 0.25) is 0 Å². The number of amides is 1. The minimum absolute atomic E-state index is 0.0853. The van der Waals surface area contributed by atoms with Crippen molar-refractivity contribution in [1.29, 1.82) is 0 Å². The van der Waals surface area contributed by atoms with E-state index in [4.69, 9.17) is 5.84 Å². The summed E-state index contributed by atoms with van der Waals surface area (Å²) in [6.45, 7) is 3.89. The summed E-state index contributed by atoms with van der Waals surface area (Å²) in [5.41, 5.74) is 3.80. The van der Waals surface area contributed by atoms with Gasteiger partial charge in [0.05, 0.1) is 0 Å². The van der Waals surface area contributed by atoms with Crippen LogP contribution in [0.2, 0.25) is 0 Å². The number of pyridine rings is 1. The molecule has 0 saturated carbocycles. The molecule has 0 fully saturated rings. The van der Waals surface area contributed by atoms with Crippen molar-refractivity contribution >= 4 is 23.5 Å². The number of nitrogens with two attached hydrogens (primary N) is 1. The molecule has 1 aromatic rings. The van der Waals surface area contributed by atoms with Gasteiger partial charge in [-0.05, 0) is 31.7 Å².